The van der Waals surface area contributed by atoms with E-state index >= 15 is 0 Å². The van der Waals surface area contributed by atoms with Crippen molar-refractivity contribution >= 4 is 16.3 Å². The summed E-state index contributed by atoms with van der Waals surface area (Å²) < 4.78 is 2.11. The molecule has 0 spiro atoms. The van der Waals surface area contributed by atoms with Crippen molar-refractivity contribution in [2.75, 3.05) is 6.54 Å². The molecule has 0 saturated carbocycles. The van der Waals surface area contributed by atoms with Crippen LogP contribution in [0.3, 0.4) is 0 Å². The smallest absolute Gasteiger partial charge is 0.193 e. The van der Waals surface area contributed by atoms with Gasteiger partial charge in [0.05, 0.1) is 5.69 Å². The second-order valence-electron chi connectivity index (χ2n) is 4.41. The van der Waals surface area contributed by atoms with Crippen LogP contribution in [0.15, 0.2) is 17.8 Å². The zero-order valence-electron chi connectivity index (χ0n) is 10.6. The highest BCUT2D eigenvalue weighted by atomic mass is 32.1. The molecule has 2 rings (SSSR count). The summed E-state index contributed by atoms with van der Waals surface area (Å²) in [5, 5.41) is 5.62. The first kappa shape index (κ1) is 12.6. The number of nitrogens with zero attached hydrogens (tertiary/aromatic N) is 2. The number of rotatable bonds is 7. The Hall–Kier alpha value is -0.870. The number of imidazole rings is 1. The van der Waals surface area contributed by atoms with Gasteiger partial charge in [-0.2, -0.15) is 0 Å². The fraction of sp³-hybridized carbons (Fsp3) is 0.615. The number of hydrogen-bond donors (Lipinski definition) is 1. The van der Waals surface area contributed by atoms with Gasteiger partial charge < -0.3 is 5.32 Å². The Morgan fingerprint density at radius 2 is 2.29 bits per heavy atom. The fourth-order valence-electron chi connectivity index (χ4n) is 2.20. The number of fused-ring (bicyclic) bond motifs is 1. The lowest BCUT2D eigenvalue weighted by Crippen LogP contribution is -2.29. The highest BCUT2D eigenvalue weighted by Crippen LogP contribution is 2.14. The molecule has 0 aliphatic carbocycles. The summed E-state index contributed by atoms with van der Waals surface area (Å²) in [6.07, 6.45) is 9.00. The lowest BCUT2D eigenvalue weighted by atomic mass is 10.1. The lowest BCUT2D eigenvalue weighted by Gasteiger charge is -2.15. The molecule has 0 radical (unpaired) electrons. The van der Waals surface area contributed by atoms with Crippen molar-refractivity contribution in [1.82, 2.24) is 14.7 Å². The van der Waals surface area contributed by atoms with Crippen LogP contribution in [0, 0.1) is 0 Å². The average molecular weight is 251 g/mol. The van der Waals surface area contributed by atoms with E-state index in [9.17, 15) is 0 Å². The Balaban J connectivity index is 1.89. The number of thiazole rings is 1. The monoisotopic (exact) mass is 251 g/mol. The highest BCUT2D eigenvalue weighted by Gasteiger charge is 2.08. The number of nitrogens with one attached hydrogen (secondary N) is 1. The molecule has 1 N–H and O–H groups in total. The van der Waals surface area contributed by atoms with Crippen LogP contribution in [0.4, 0.5) is 0 Å². The van der Waals surface area contributed by atoms with Gasteiger partial charge in [-0.3, -0.25) is 4.40 Å². The van der Waals surface area contributed by atoms with Crippen LogP contribution in [0.1, 0.15) is 38.8 Å². The lowest BCUT2D eigenvalue weighted by molar-refractivity contribution is 0.458. The molecule has 1 unspecified atom stereocenters. The summed E-state index contributed by atoms with van der Waals surface area (Å²) in [5.41, 5.74) is 1.22. The van der Waals surface area contributed by atoms with E-state index in [4.69, 9.17) is 0 Å². The molecule has 0 bridgehead atoms. The van der Waals surface area contributed by atoms with E-state index in [0.717, 1.165) is 17.9 Å². The van der Waals surface area contributed by atoms with Crippen molar-refractivity contribution < 1.29 is 0 Å². The molecule has 1 atom stereocenters. The molecule has 2 heterocycles. The normalized spacial score (nSPS) is 13.3. The molecule has 3 nitrogen and oxygen atoms in total. The molecule has 0 aliphatic rings. The first-order valence-corrected chi connectivity index (χ1v) is 7.36. The summed E-state index contributed by atoms with van der Waals surface area (Å²) >= 11 is 1.70. The van der Waals surface area contributed by atoms with Gasteiger partial charge in [0.1, 0.15) is 0 Å². The van der Waals surface area contributed by atoms with Crippen molar-refractivity contribution in [2.24, 2.45) is 0 Å². The molecule has 17 heavy (non-hydrogen) atoms. The van der Waals surface area contributed by atoms with Gasteiger partial charge in [0.25, 0.3) is 0 Å². The van der Waals surface area contributed by atoms with Crippen molar-refractivity contribution in [3.8, 4) is 0 Å². The van der Waals surface area contributed by atoms with Crippen LogP contribution in [-0.4, -0.2) is 22.0 Å². The van der Waals surface area contributed by atoms with E-state index < -0.39 is 0 Å². The van der Waals surface area contributed by atoms with Gasteiger partial charge in [0, 0.05) is 23.8 Å². The second-order valence-corrected chi connectivity index (χ2v) is 5.28. The molecule has 2 aromatic rings. The third kappa shape index (κ3) is 3.30. The Labute approximate surface area is 107 Å². The Morgan fingerprint density at radius 3 is 3.00 bits per heavy atom. The maximum absolute atomic E-state index is 4.62. The largest absolute Gasteiger partial charge is 0.314 e. The van der Waals surface area contributed by atoms with Gasteiger partial charge in [-0.1, -0.05) is 20.3 Å². The molecule has 0 aliphatic heterocycles. The molecular formula is C13H21N3S. The number of aryl methyl sites for hydroxylation is 1. The molecule has 0 amide bonds. The van der Waals surface area contributed by atoms with E-state index in [1.165, 1.54) is 25.0 Å². The molecular weight excluding hydrogens is 230 g/mol. The number of aromatic nitrogens is 2. The van der Waals surface area contributed by atoms with Crippen LogP contribution in [-0.2, 0) is 6.42 Å². The Morgan fingerprint density at radius 1 is 1.41 bits per heavy atom. The SMILES string of the molecule is CCCC(CCc1cn2ccsc2n1)NCC. The Kier molecular flexibility index (Phi) is 4.57. The van der Waals surface area contributed by atoms with Crippen molar-refractivity contribution in [3.05, 3.63) is 23.5 Å². The van der Waals surface area contributed by atoms with E-state index in [2.05, 4.69) is 46.3 Å². The fourth-order valence-corrected chi connectivity index (χ4v) is 2.92. The minimum Gasteiger partial charge on any atom is -0.314 e. The molecule has 2 aromatic heterocycles. The standard InChI is InChI=1S/C13H21N3S/c1-3-5-11(14-4-2)6-7-12-10-16-8-9-17-13(16)15-12/h8-11,14H,3-7H2,1-2H3. The molecule has 94 valence electrons. The second kappa shape index (κ2) is 6.17. The summed E-state index contributed by atoms with van der Waals surface area (Å²) in [6, 6.07) is 0.643. The van der Waals surface area contributed by atoms with E-state index in [1.54, 1.807) is 11.3 Å². The van der Waals surface area contributed by atoms with Gasteiger partial charge in [-0.15, -0.1) is 11.3 Å². The zero-order valence-corrected chi connectivity index (χ0v) is 11.5. The highest BCUT2D eigenvalue weighted by molar-refractivity contribution is 7.15. The first-order chi connectivity index (χ1) is 8.33. The van der Waals surface area contributed by atoms with Crippen LogP contribution in [0.5, 0.6) is 0 Å². The van der Waals surface area contributed by atoms with E-state index in [0.29, 0.717) is 6.04 Å². The summed E-state index contributed by atoms with van der Waals surface area (Å²) in [4.78, 5) is 5.73. The van der Waals surface area contributed by atoms with Crippen molar-refractivity contribution in [1.29, 1.82) is 0 Å². The predicted octanol–water partition coefficient (Wildman–Crippen LogP) is 3.11. The number of hydrogen-bond acceptors (Lipinski definition) is 3. The summed E-state index contributed by atoms with van der Waals surface area (Å²) in [6.45, 7) is 5.48. The van der Waals surface area contributed by atoms with Gasteiger partial charge in [-0.25, -0.2) is 4.98 Å². The van der Waals surface area contributed by atoms with Gasteiger partial charge in [-0.05, 0) is 25.8 Å². The van der Waals surface area contributed by atoms with Crippen molar-refractivity contribution in [3.63, 3.8) is 0 Å². The maximum Gasteiger partial charge on any atom is 0.193 e. The third-order valence-corrected chi connectivity index (χ3v) is 3.79. The minimum atomic E-state index is 0.643. The molecule has 4 heteroatoms. The Bertz CT molecular complexity index is 412. The third-order valence-electron chi connectivity index (χ3n) is 3.02. The molecule has 0 aromatic carbocycles. The zero-order chi connectivity index (χ0) is 12.1. The minimum absolute atomic E-state index is 0.643. The summed E-state index contributed by atoms with van der Waals surface area (Å²) in [7, 11) is 0. The van der Waals surface area contributed by atoms with Crippen LogP contribution >= 0.6 is 11.3 Å². The quantitative estimate of drug-likeness (QED) is 0.819. The van der Waals surface area contributed by atoms with Crippen molar-refractivity contribution in [2.45, 2.75) is 45.6 Å². The topological polar surface area (TPSA) is 29.3 Å². The van der Waals surface area contributed by atoms with E-state index in [-0.39, 0.29) is 0 Å². The average Bonchev–Trinajstić information content (AvgIpc) is 2.86. The van der Waals surface area contributed by atoms with Gasteiger partial charge in [0.15, 0.2) is 4.96 Å². The summed E-state index contributed by atoms with van der Waals surface area (Å²) in [5.74, 6) is 0. The predicted molar refractivity (Wildman–Crippen MR) is 73.8 cm³/mol. The van der Waals surface area contributed by atoms with Gasteiger partial charge in [0.2, 0.25) is 0 Å². The van der Waals surface area contributed by atoms with Crippen LogP contribution in [0.25, 0.3) is 4.96 Å². The maximum atomic E-state index is 4.62. The first-order valence-electron chi connectivity index (χ1n) is 6.48. The van der Waals surface area contributed by atoms with Crippen LogP contribution in [0.2, 0.25) is 0 Å². The van der Waals surface area contributed by atoms with Crippen LogP contribution < -0.4 is 5.32 Å². The molecule has 0 saturated heterocycles. The van der Waals surface area contributed by atoms with E-state index in [1.807, 2.05) is 0 Å². The molecule has 0 fully saturated rings. The van der Waals surface area contributed by atoms with Gasteiger partial charge >= 0.3 is 0 Å².